The number of amides is 1. The van der Waals surface area contributed by atoms with Gasteiger partial charge in [-0.15, -0.1) is 0 Å². The number of benzene rings is 2. The van der Waals surface area contributed by atoms with E-state index < -0.39 is 20.9 Å². The molecule has 0 spiro atoms. The molecule has 1 fully saturated rings. The Labute approximate surface area is 180 Å². The van der Waals surface area contributed by atoms with Crippen molar-refractivity contribution in [2.24, 2.45) is 0 Å². The van der Waals surface area contributed by atoms with Crippen molar-refractivity contribution in [1.82, 2.24) is 9.62 Å². The van der Waals surface area contributed by atoms with E-state index >= 15 is 0 Å². The molecule has 0 radical (unpaired) electrons. The molecule has 0 aromatic heterocycles. The first-order valence-electron chi connectivity index (χ1n) is 9.70. The number of nitrogens with zero attached hydrogens (tertiary/aromatic N) is 3. The van der Waals surface area contributed by atoms with Gasteiger partial charge in [0.15, 0.2) is 0 Å². The van der Waals surface area contributed by atoms with E-state index in [1.54, 1.807) is 7.11 Å². The standard InChI is InChI=1S/C20H24N4O6S/c1-30-19-8-3-2-7-18(19)22-10-12-23(13-11-22)31(28,29)14-9-21-20(25)16-5-4-6-17(15-16)24(26)27/h2-8,15H,9-14H2,1H3,(H,21,25). The van der Waals surface area contributed by atoms with Crippen LogP contribution in [0.25, 0.3) is 0 Å². The van der Waals surface area contributed by atoms with E-state index in [1.165, 1.54) is 22.5 Å². The summed E-state index contributed by atoms with van der Waals surface area (Å²) in [6, 6.07) is 12.9. The monoisotopic (exact) mass is 448 g/mol. The minimum atomic E-state index is -3.55. The van der Waals surface area contributed by atoms with Crippen molar-refractivity contribution in [2.75, 3.05) is 50.5 Å². The van der Waals surface area contributed by atoms with E-state index in [1.807, 2.05) is 24.3 Å². The number of non-ortho nitro benzene ring substituents is 1. The number of methoxy groups -OCH3 is 1. The minimum Gasteiger partial charge on any atom is -0.495 e. The fraction of sp³-hybridized carbons (Fsp3) is 0.350. The number of nitro groups is 1. The van der Waals surface area contributed by atoms with Crippen molar-refractivity contribution in [3.63, 3.8) is 0 Å². The zero-order chi connectivity index (χ0) is 22.4. The van der Waals surface area contributed by atoms with Crippen molar-refractivity contribution in [3.8, 4) is 5.75 Å². The summed E-state index contributed by atoms with van der Waals surface area (Å²) in [4.78, 5) is 24.5. The number of sulfonamides is 1. The van der Waals surface area contributed by atoms with Gasteiger partial charge in [-0.25, -0.2) is 8.42 Å². The lowest BCUT2D eigenvalue weighted by Gasteiger charge is -2.36. The quantitative estimate of drug-likeness (QED) is 0.479. The average Bonchev–Trinajstić information content (AvgIpc) is 2.79. The highest BCUT2D eigenvalue weighted by atomic mass is 32.2. The number of piperazine rings is 1. The van der Waals surface area contributed by atoms with Crippen LogP contribution >= 0.6 is 0 Å². The van der Waals surface area contributed by atoms with Crippen molar-refractivity contribution in [2.45, 2.75) is 0 Å². The second kappa shape index (κ2) is 9.75. The summed E-state index contributed by atoms with van der Waals surface area (Å²) in [6.07, 6.45) is 0. The van der Waals surface area contributed by atoms with Gasteiger partial charge in [-0.05, 0) is 18.2 Å². The molecule has 2 aromatic carbocycles. The Balaban J connectivity index is 1.52. The van der Waals surface area contributed by atoms with Crippen LogP contribution in [0.5, 0.6) is 5.75 Å². The van der Waals surface area contributed by atoms with Gasteiger partial charge in [-0.3, -0.25) is 14.9 Å². The summed E-state index contributed by atoms with van der Waals surface area (Å²) in [5, 5.41) is 13.3. The number of rotatable bonds is 8. The molecule has 2 aromatic rings. The van der Waals surface area contributed by atoms with Crippen LogP contribution in [0.4, 0.5) is 11.4 Å². The summed E-state index contributed by atoms with van der Waals surface area (Å²) >= 11 is 0. The topological polar surface area (TPSA) is 122 Å². The lowest BCUT2D eigenvalue weighted by molar-refractivity contribution is -0.384. The van der Waals surface area contributed by atoms with Crippen molar-refractivity contribution < 1.29 is 22.9 Å². The predicted octanol–water partition coefficient (Wildman–Crippen LogP) is 1.49. The van der Waals surface area contributed by atoms with Crippen LogP contribution < -0.4 is 15.0 Å². The van der Waals surface area contributed by atoms with E-state index in [0.29, 0.717) is 26.2 Å². The van der Waals surface area contributed by atoms with Crippen molar-refractivity contribution in [1.29, 1.82) is 0 Å². The fourth-order valence-corrected chi connectivity index (χ4v) is 4.72. The number of hydrogen-bond donors (Lipinski definition) is 1. The molecule has 0 aliphatic carbocycles. The molecular formula is C20H24N4O6S. The molecule has 1 amide bonds. The number of hydrogen-bond acceptors (Lipinski definition) is 7. The Morgan fingerprint density at radius 3 is 2.52 bits per heavy atom. The molecule has 10 nitrogen and oxygen atoms in total. The van der Waals surface area contributed by atoms with Crippen LogP contribution in [-0.4, -0.2) is 69.1 Å². The molecule has 1 aliphatic rings. The van der Waals surface area contributed by atoms with Crippen LogP contribution in [0.15, 0.2) is 48.5 Å². The first-order valence-corrected chi connectivity index (χ1v) is 11.3. The predicted molar refractivity (Wildman–Crippen MR) is 116 cm³/mol. The first kappa shape index (κ1) is 22.5. The lowest BCUT2D eigenvalue weighted by Crippen LogP contribution is -2.50. The van der Waals surface area contributed by atoms with Crippen LogP contribution in [-0.2, 0) is 10.0 Å². The fourth-order valence-electron chi connectivity index (χ4n) is 3.38. The molecule has 1 heterocycles. The number of anilines is 1. The van der Waals surface area contributed by atoms with E-state index in [9.17, 15) is 23.3 Å². The third-order valence-corrected chi connectivity index (χ3v) is 6.89. The molecular weight excluding hydrogens is 424 g/mol. The first-order chi connectivity index (χ1) is 14.8. The Morgan fingerprint density at radius 1 is 1.13 bits per heavy atom. The van der Waals surface area contributed by atoms with Crippen molar-refractivity contribution >= 4 is 27.3 Å². The zero-order valence-corrected chi connectivity index (χ0v) is 17.9. The van der Waals surface area contributed by atoms with E-state index in [-0.39, 0.29) is 23.5 Å². The Hall–Kier alpha value is -3.18. The summed E-state index contributed by atoms with van der Waals surface area (Å²) in [7, 11) is -1.95. The molecule has 0 unspecified atom stereocenters. The number of nitro benzene ring substituents is 1. The molecule has 0 saturated carbocycles. The van der Waals surface area contributed by atoms with Crippen LogP contribution in [0, 0.1) is 10.1 Å². The van der Waals surface area contributed by atoms with Gasteiger partial charge in [-0.1, -0.05) is 18.2 Å². The van der Waals surface area contributed by atoms with Gasteiger partial charge in [0.1, 0.15) is 5.75 Å². The van der Waals surface area contributed by atoms with Crippen LogP contribution in [0.2, 0.25) is 0 Å². The number of para-hydroxylation sites is 2. The molecule has 3 rings (SSSR count). The smallest absolute Gasteiger partial charge is 0.270 e. The molecule has 31 heavy (non-hydrogen) atoms. The van der Waals surface area contributed by atoms with Gasteiger partial charge < -0.3 is 15.0 Å². The highest BCUT2D eigenvalue weighted by Crippen LogP contribution is 2.28. The minimum absolute atomic E-state index is 0.0867. The average molecular weight is 449 g/mol. The van der Waals surface area contributed by atoms with Gasteiger partial charge in [-0.2, -0.15) is 4.31 Å². The van der Waals surface area contributed by atoms with Crippen LogP contribution in [0.3, 0.4) is 0 Å². The van der Waals surface area contributed by atoms with Crippen LogP contribution in [0.1, 0.15) is 10.4 Å². The molecule has 1 N–H and O–H groups in total. The van der Waals surface area contributed by atoms with Gasteiger partial charge in [0.2, 0.25) is 10.0 Å². The summed E-state index contributed by atoms with van der Waals surface area (Å²) in [6.45, 7) is 1.63. The maximum Gasteiger partial charge on any atom is 0.270 e. The SMILES string of the molecule is COc1ccccc1N1CCN(S(=O)(=O)CCNC(=O)c2cccc([N+](=O)[O-])c2)CC1. The highest BCUT2D eigenvalue weighted by molar-refractivity contribution is 7.89. The summed E-state index contributed by atoms with van der Waals surface area (Å²) in [5.74, 6) is -0.0648. The summed E-state index contributed by atoms with van der Waals surface area (Å²) in [5.41, 5.74) is 0.830. The lowest BCUT2D eigenvalue weighted by atomic mass is 10.2. The molecule has 1 saturated heterocycles. The van der Waals surface area contributed by atoms with E-state index in [2.05, 4.69) is 10.2 Å². The molecule has 166 valence electrons. The maximum atomic E-state index is 12.7. The molecule has 11 heteroatoms. The Bertz CT molecular complexity index is 1050. The second-order valence-corrected chi connectivity index (χ2v) is 9.03. The normalized spacial score (nSPS) is 14.8. The Kier molecular flexibility index (Phi) is 7.08. The third-order valence-electron chi connectivity index (χ3n) is 5.02. The molecule has 0 atom stereocenters. The highest BCUT2D eigenvalue weighted by Gasteiger charge is 2.27. The van der Waals surface area contributed by atoms with E-state index in [4.69, 9.17) is 4.74 Å². The number of carbonyl (C=O) groups excluding carboxylic acids is 1. The zero-order valence-electron chi connectivity index (χ0n) is 17.1. The maximum absolute atomic E-state index is 12.7. The number of ether oxygens (including phenoxy) is 1. The van der Waals surface area contributed by atoms with Gasteiger partial charge >= 0.3 is 0 Å². The number of carbonyl (C=O) groups is 1. The van der Waals surface area contributed by atoms with E-state index in [0.717, 1.165) is 17.5 Å². The Morgan fingerprint density at radius 2 is 1.84 bits per heavy atom. The van der Waals surface area contributed by atoms with Gasteiger partial charge in [0, 0.05) is 50.4 Å². The second-order valence-electron chi connectivity index (χ2n) is 6.94. The third kappa shape index (κ3) is 5.50. The number of nitrogens with one attached hydrogen (secondary N) is 1. The van der Waals surface area contributed by atoms with Crippen molar-refractivity contribution in [3.05, 3.63) is 64.2 Å². The molecule has 1 aliphatic heterocycles. The van der Waals surface area contributed by atoms with Gasteiger partial charge in [0.05, 0.1) is 23.5 Å². The van der Waals surface area contributed by atoms with Gasteiger partial charge in [0.25, 0.3) is 11.6 Å². The molecule has 0 bridgehead atoms. The summed E-state index contributed by atoms with van der Waals surface area (Å²) < 4.78 is 32.1. The largest absolute Gasteiger partial charge is 0.495 e.